The topological polar surface area (TPSA) is 42.9 Å². The van der Waals surface area contributed by atoms with Gasteiger partial charge in [0, 0.05) is 32.7 Å². The molecule has 0 radical (unpaired) electrons. The molecule has 1 heterocycles. The number of likely N-dealkylation sites (N-methyl/N-ethyl adjacent to an activating group) is 1. The molecule has 1 saturated heterocycles. The normalized spacial score (nSPS) is 18.3. The first kappa shape index (κ1) is 22.2. The number of nitrogens with zero attached hydrogens (tertiary/aromatic N) is 3. The number of benzene rings is 1. The lowest BCUT2D eigenvalue weighted by Gasteiger charge is -2.24. The quantitative estimate of drug-likeness (QED) is 0.374. The van der Waals surface area contributed by atoms with Gasteiger partial charge in [-0.2, -0.15) is 0 Å². The third-order valence-corrected chi connectivity index (χ3v) is 4.62. The van der Waals surface area contributed by atoms with Gasteiger partial charge in [0.1, 0.15) is 0 Å². The molecule has 2 N–H and O–H groups in total. The van der Waals surface area contributed by atoms with E-state index in [1.807, 2.05) is 7.05 Å². The van der Waals surface area contributed by atoms with Crippen LogP contribution in [0, 0.1) is 0 Å². The highest BCUT2D eigenvalue weighted by Gasteiger charge is 2.22. The smallest absolute Gasteiger partial charge is 0.191 e. The number of halogens is 1. The second kappa shape index (κ2) is 11.7. The van der Waals surface area contributed by atoms with Crippen LogP contribution in [0.3, 0.4) is 0 Å². The Kier molecular flexibility index (Phi) is 10.4. The lowest BCUT2D eigenvalue weighted by atomic mass is 10.1. The summed E-state index contributed by atoms with van der Waals surface area (Å²) in [7, 11) is 6.02. The zero-order valence-corrected chi connectivity index (χ0v) is 18.4. The third-order valence-electron chi connectivity index (χ3n) is 4.62. The average molecular weight is 459 g/mol. The first-order valence-corrected chi connectivity index (χ1v) is 9.03. The maximum atomic E-state index is 4.34. The molecular formula is C19H34IN5. The monoisotopic (exact) mass is 459 g/mol. The number of hydrogen-bond acceptors (Lipinski definition) is 3. The van der Waals surface area contributed by atoms with Gasteiger partial charge < -0.3 is 15.5 Å². The Morgan fingerprint density at radius 1 is 1.20 bits per heavy atom. The predicted molar refractivity (Wildman–Crippen MR) is 118 cm³/mol. The van der Waals surface area contributed by atoms with Gasteiger partial charge in [-0.1, -0.05) is 31.2 Å². The van der Waals surface area contributed by atoms with E-state index in [2.05, 4.69) is 70.7 Å². The van der Waals surface area contributed by atoms with Crippen LogP contribution in [-0.4, -0.2) is 62.6 Å². The molecule has 0 spiro atoms. The maximum absolute atomic E-state index is 4.34. The zero-order valence-electron chi connectivity index (χ0n) is 16.1. The SMILES string of the molecule is CCN1CCCC1CNC(=NC)NCc1ccc(CN(C)C)cc1.I. The maximum Gasteiger partial charge on any atom is 0.191 e. The minimum atomic E-state index is 0. The fraction of sp³-hybridized carbons (Fsp3) is 0.632. The van der Waals surface area contributed by atoms with Crippen molar-refractivity contribution in [3.8, 4) is 0 Å². The first-order valence-electron chi connectivity index (χ1n) is 9.03. The molecule has 6 heteroatoms. The summed E-state index contributed by atoms with van der Waals surface area (Å²) in [5.74, 6) is 0.885. The summed E-state index contributed by atoms with van der Waals surface area (Å²) in [6.45, 7) is 7.35. The minimum Gasteiger partial charge on any atom is -0.355 e. The molecule has 1 aliphatic heterocycles. The second-order valence-electron chi connectivity index (χ2n) is 6.79. The summed E-state index contributed by atoms with van der Waals surface area (Å²) in [6, 6.07) is 9.42. The van der Waals surface area contributed by atoms with Gasteiger partial charge >= 0.3 is 0 Å². The van der Waals surface area contributed by atoms with Crippen molar-refractivity contribution < 1.29 is 0 Å². The number of rotatable bonds is 7. The van der Waals surface area contributed by atoms with Crippen LogP contribution in [0.25, 0.3) is 0 Å². The van der Waals surface area contributed by atoms with Crippen molar-refractivity contribution in [1.82, 2.24) is 20.4 Å². The number of aliphatic imine (C=N–C) groups is 1. The van der Waals surface area contributed by atoms with E-state index in [0.29, 0.717) is 6.04 Å². The van der Waals surface area contributed by atoms with Crippen molar-refractivity contribution in [2.45, 2.75) is 38.9 Å². The fourth-order valence-electron chi connectivity index (χ4n) is 3.29. The lowest BCUT2D eigenvalue weighted by Crippen LogP contribution is -2.44. The Hall–Kier alpha value is -0.860. The minimum absolute atomic E-state index is 0. The van der Waals surface area contributed by atoms with Crippen LogP contribution >= 0.6 is 24.0 Å². The van der Waals surface area contributed by atoms with E-state index in [0.717, 1.165) is 32.1 Å². The highest BCUT2D eigenvalue weighted by Crippen LogP contribution is 2.15. The Morgan fingerprint density at radius 2 is 1.88 bits per heavy atom. The summed E-state index contributed by atoms with van der Waals surface area (Å²) in [5, 5.41) is 6.89. The molecule has 0 saturated carbocycles. The number of hydrogen-bond donors (Lipinski definition) is 2. The molecule has 0 amide bonds. The Bertz CT molecular complexity index is 515. The van der Waals surface area contributed by atoms with Crippen molar-refractivity contribution in [3.63, 3.8) is 0 Å². The molecule has 1 aromatic carbocycles. The Balaban J connectivity index is 0.00000312. The number of likely N-dealkylation sites (tertiary alicyclic amines) is 1. The fourth-order valence-corrected chi connectivity index (χ4v) is 3.29. The molecule has 1 fully saturated rings. The molecule has 0 bridgehead atoms. The van der Waals surface area contributed by atoms with Gasteiger partial charge in [-0.3, -0.25) is 9.89 Å². The first-order chi connectivity index (χ1) is 11.6. The van der Waals surface area contributed by atoms with Crippen LogP contribution in [0.4, 0.5) is 0 Å². The highest BCUT2D eigenvalue weighted by atomic mass is 127. The van der Waals surface area contributed by atoms with E-state index in [4.69, 9.17) is 0 Å². The number of guanidine groups is 1. The van der Waals surface area contributed by atoms with E-state index < -0.39 is 0 Å². The van der Waals surface area contributed by atoms with Crippen LogP contribution in [-0.2, 0) is 13.1 Å². The summed E-state index contributed by atoms with van der Waals surface area (Å²) in [4.78, 5) is 9.07. The van der Waals surface area contributed by atoms with Gasteiger partial charge in [0.05, 0.1) is 0 Å². The van der Waals surface area contributed by atoms with Crippen LogP contribution in [0.2, 0.25) is 0 Å². The molecule has 0 aliphatic carbocycles. The predicted octanol–water partition coefficient (Wildman–Crippen LogP) is 2.52. The molecule has 2 rings (SSSR count). The van der Waals surface area contributed by atoms with Crippen LogP contribution in [0.1, 0.15) is 30.9 Å². The zero-order chi connectivity index (χ0) is 17.4. The van der Waals surface area contributed by atoms with Crippen molar-refractivity contribution >= 4 is 29.9 Å². The summed E-state index contributed by atoms with van der Waals surface area (Å²) < 4.78 is 0. The molecule has 25 heavy (non-hydrogen) atoms. The van der Waals surface area contributed by atoms with E-state index >= 15 is 0 Å². The van der Waals surface area contributed by atoms with E-state index in [9.17, 15) is 0 Å². The van der Waals surface area contributed by atoms with E-state index in [-0.39, 0.29) is 24.0 Å². The molecule has 1 aromatic rings. The Labute approximate surface area is 170 Å². The van der Waals surface area contributed by atoms with E-state index in [1.54, 1.807) is 0 Å². The van der Waals surface area contributed by atoms with Crippen molar-refractivity contribution in [2.75, 3.05) is 40.8 Å². The summed E-state index contributed by atoms with van der Waals surface area (Å²) >= 11 is 0. The van der Waals surface area contributed by atoms with Gasteiger partial charge in [0.25, 0.3) is 0 Å². The summed E-state index contributed by atoms with van der Waals surface area (Å²) in [5.41, 5.74) is 2.61. The third kappa shape index (κ3) is 7.50. The summed E-state index contributed by atoms with van der Waals surface area (Å²) in [6.07, 6.45) is 2.59. The Morgan fingerprint density at radius 3 is 2.48 bits per heavy atom. The molecule has 1 unspecified atom stereocenters. The molecule has 5 nitrogen and oxygen atoms in total. The molecule has 1 atom stereocenters. The highest BCUT2D eigenvalue weighted by molar-refractivity contribution is 14.0. The lowest BCUT2D eigenvalue weighted by molar-refractivity contribution is 0.267. The van der Waals surface area contributed by atoms with Crippen LogP contribution in [0.15, 0.2) is 29.3 Å². The molecule has 1 aliphatic rings. The average Bonchev–Trinajstić information content (AvgIpc) is 3.03. The van der Waals surface area contributed by atoms with Gasteiger partial charge in [0.2, 0.25) is 0 Å². The van der Waals surface area contributed by atoms with Crippen molar-refractivity contribution in [3.05, 3.63) is 35.4 Å². The molecular weight excluding hydrogens is 425 g/mol. The molecule has 0 aromatic heterocycles. The van der Waals surface area contributed by atoms with Gasteiger partial charge in [-0.15, -0.1) is 24.0 Å². The van der Waals surface area contributed by atoms with Crippen LogP contribution in [0.5, 0.6) is 0 Å². The van der Waals surface area contributed by atoms with Crippen molar-refractivity contribution in [2.24, 2.45) is 4.99 Å². The van der Waals surface area contributed by atoms with Gasteiger partial charge in [0.15, 0.2) is 5.96 Å². The number of nitrogens with one attached hydrogen (secondary N) is 2. The van der Waals surface area contributed by atoms with E-state index in [1.165, 1.54) is 30.5 Å². The van der Waals surface area contributed by atoms with Crippen molar-refractivity contribution in [1.29, 1.82) is 0 Å². The standard InChI is InChI=1S/C19H33N5.HI/c1-5-24-12-6-7-18(24)14-22-19(20-2)21-13-16-8-10-17(11-9-16)15-23(3)4;/h8-11,18H,5-7,12-15H2,1-4H3,(H2,20,21,22);1H. The second-order valence-corrected chi connectivity index (χ2v) is 6.79. The van der Waals surface area contributed by atoms with Crippen LogP contribution < -0.4 is 10.6 Å². The largest absolute Gasteiger partial charge is 0.355 e. The molecule has 142 valence electrons. The van der Waals surface area contributed by atoms with Gasteiger partial charge in [-0.25, -0.2) is 0 Å². The van der Waals surface area contributed by atoms with Gasteiger partial charge in [-0.05, 0) is 51.2 Å².